The second-order valence-corrected chi connectivity index (χ2v) is 5.57. The summed E-state index contributed by atoms with van der Waals surface area (Å²) in [5, 5.41) is 0. The Morgan fingerprint density at radius 2 is 2.21 bits per heavy atom. The van der Waals surface area contributed by atoms with Crippen LogP contribution in [0.15, 0.2) is 18.2 Å². The normalized spacial score (nSPS) is 21.2. The molecule has 0 aromatic heterocycles. The molecule has 1 heterocycles. The minimum Gasteiger partial charge on any atom is -0.371 e. The van der Waals surface area contributed by atoms with Gasteiger partial charge in [0.05, 0.1) is 0 Å². The van der Waals surface area contributed by atoms with Gasteiger partial charge >= 0.3 is 0 Å². The Hall–Kier alpha value is -1.55. The van der Waals surface area contributed by atoms with Crippen LogP contribution in [0.3, 0.4) is 0 Å². The van der Waals surface area contributed by atoms with E-state index >= 15 is 0 Å². The van der Waals surface area contributed by atoms with Gasteiger partial charge < -0.3 is 16.4 Å². The maximum Gasteiger partial charge on any atom is 0.248 e. The maximum atomic E-state index is 11.2. The molecule has 104 valence electrons. The molecule has 1 aromatic rings. The highest BCUT2D eigenvalue weighted by Crippen LogP contribution is 2.26. The van der Waals surface area contributed by atoms with Crippen molar-refractivity contribution < 1.29 is 4.79 Å². The number of carbonyl (C=O) groups is 1. The standard InChI is InChI=1S/C15H23N3O/c1-10-8-13(5-6-14(10)15(17)19)18-7-3-4-12(9-18)11(2)16/h5-6,8,11-12H,3-4,7,9,16H2,1-2H3,(H2,17,19). The zero-order valence-electron chi connectivity index (χ0n) is 11.7. The van der Waals surface area contributed by atoms with E-state index in [1.54, 1.807) is 0 Å². The van der Waals surface area contributed by atoms with Crippen LogP contribution in [0.2, 0.25) is 0 Å². The predicted octanol–water partition coefficient (Wildman–Crippen LogP) is 1.66. The highest BCUT2D eigenvalue weighted by atomic mass is 16.1. The molecular weight excluding hydrogens is 238 g/mol. The third-order valence-corrected chi connectivity index (χ3v) is 4.04. The van der Waals surface area contributed by atoms with Crippen LogP contribution in [-0.2, 0) is 0 Å². The van der Waals surface area contributed by atoms with Gasteiger partial charge in [-0.1, -0.05) is 0 Å². The van der Waals surface area contributed by atoms with Crippen molar-refractivity contribution in [2.45, 2.75) is 32.7 Å². The van der Waals surface area contributed by atoms with Crippen LogP contribution < -0.4 is 16.4 Å². The van der Waals surface area contributed by atoms with Crippen molar-refractivity contribution in [2.75, 3.05) is 18.0 Å². The lowest BCUT2D eigenvalue weighted by atomic mass is 9.91. The van der Waals surface area contributed by atoms with E-state index in [0.29, 0.717) is 11.5 Å². The third-order valence-electron chi connectivity index (χ3n) is 4.04. The molecule has 1 aliphatic rings. The van der Waals surface area contributed by atoms with E-state index < -0.39 is 0 Å². The lowest BCUT2D eigenvalue weighted by Crippen LogP contribution is -2.42. The van der Waals surface area contributed by atoms with Gasteiger partial charge in [0.15, 0.2) is 0 Å². The first-order valence-corrected chi connectivity index (χ1v) is 6.90. The Balaban J connectivity index is 2.18. The summed E-state index contributed by atoms with van der Waals surface area (Å²) < 4.78 is 0. The number of piperidine rings is 1. The number of benzene rings is 1. The number of hydrogen-bond acceptors (Lipinski definition) is 3. The Morgan fingerprint density at radius 3 is 2.79 bits per heavy atom. The van der Waals surface area contributed by atoms with Crippen molar-refractivity contribution in [1.29, 1.82) is 0 Å². The molecule has 4 heteroatoms. The SMILES string of the molecule is Cc1cc(N2CCCC(C(C)N)C2)ccc1C(N)=O. The average molecular weight is 261 g/mol. The van der Waals surface area contributed by atoms with Crippen molar-refractivity contribution in [2.24, 2.45) is 17.4 Å². The first-order valence-electron chi connectivity index (χ1n) is 6.90. The number of amides is 1. The topological polar surface area (TPSA) is 72.3 Å². The lowest BCUT2D eigenvalue weighted by molar-refractivity contribution is 0.0999. The molecule has 0 spiro atoms. The van der Waals surface area contributed by atoms with E-state index in [1.807, 2.05) is 25.1 Å². The molecule has 1 saturated heterocycles. The minimum atomic E-state index is -0.365. The molecule has 2 unspecified atom stereocenters. The Labute approximate surface area is 114 Å². The number of rotatable bonds is 3. The molecule has 0 bridgehead atoms. The lowest BCUT2D eigenvalue weighted by Gasteiger charge is -2.36. The molecule has 0 radical (unpaired) electrons. The summed E-state index contributed by atoms with van der Waals surface area (Å²) in [7, 11) is 0. The second-order valence-electron chi connectivity index (χ2n) is 5.57. The summed E-state index contributed by atoms with van der Waals surface area (Å²) in [6, 6.07) is 6.08. The van der Waals surface area contributed by atoms with Crippen molar-refractivity contribution in [3.05, 3.63) is 29.3 Å². The summed E-state index contributed by atoms with van der Waals surface area (Å²) in [5.41, 5.74) is 14.0. The number of aryl methyl sites for hydroxylation is 1. The molecule has 1 fully saturated rings. The summed E-state index contributed by atoms with van der Waals surface area (Å²) >= 11 is 0. The van der Waals surface area contributed by atoms with Crippen molar-refractivity contribution in [1.82, 2.24) is 0 Å². The van der Waals surface area contributed by atoms with Gasteiger partial charge in [0.2, 0.25) is 5.91 Å². The molecule has 4 nitrogen and oxygen atoms in total. The molecule has 1 aromatic carbocycles. The molecule has 1 amide bonds. The summed E-state index contributed by atoms with van der Waals surface area (Å²) in [5.74, 6) is 0.182. The number of anilines is 1. The van der Waals surface area contributed by atoms with E-state index in [4.69, 9.17) is 11.5 Å². The molecule has 0 aliphatic carbocycles. The van der Waals surface area contributed by atoms with Crippen LogP contribution in [0.1, 0.15) is 35.7 Å². The van der Waals surface area contributed by atoms with Gasteiger partial charge in [-0.3, -0.25) is 4.79 Å². The molecule has 4 N–H and O–H groups in total. The number of nitrogens with zero attached hydrogens (tertiary/aromatic N) is 1. The fourth-order valence-electron chi connectivity index (χ4n) is 2.79. The van der Waals surface area contributed by atoms with Crippen LogP contribution >= 0.6 is 0 Å². The summed E-state index contributed by atoms with van der Waals surface area (Å²) in [6.45, 7) is 6.05. The second kappa shape index (κ2) is 5.61. The van der Waals surface area contributed by atoms with Gasteiger partial charge in [-0.25, -0.2) is 0 Å². The number of hydrogen-bond donors (Lipinski definition) is 2. The zero-order valence-corrected chi connectivity index (χ0v) is 11.7. The molecular formula is C15H23N3O. The number of carbonyl (C=O) groups excluding carboxylic acids is 1. The van der Waals surface area contributed by atoms with Crippen LogP contribution in [-0.4, -0.2) is 25.0 Å². The third kappa shape index (κ3) is 3.07. The number of primary amides is 1. The highest BCUT2D eigenvalue weighted by molar-refractivity contribution is 5.94. The average Bonchev–Trinajstić information content (AvgIpc) is 2.38. The fourth-order valence-corrected chi connectivity index (χ4v) is 2.79. The van der Waals surface area contributed by atoms with Crippen molar-refractivity contribution >= 4 is 11.6 Å². The van der Waals surface area contributed by atoms with Gasteiger partial charge in [0.1, 0.15) is 0 Å². The largest absolute Gasteiger partial charge is 0.371 e. The van der Waals surface area contributed by atoms with Crippen molar-refractivity contribution in [3.63, 3.8) is 0 Å². The van der Waals surface area contributed by atoms with Crippen LogP contribution in [0, 0.1) is 12.8 Å². The monoisotopic (exact) mass is 261 g/mol. The maximum absolute atomic E-state index is 11.2. The van der Waals surface area contributed by atoms with Crippen LogP contribution in [0.25, 0.3) is 0 Å². The number of nitrogens with two attached hydrogens (primary N) is 2. The molecule has 1 aliphatic heterocycles. The minimum absolute atomic E-state index is 0.230. The van der Waals surface area contributed by atoms with E-state index in [9.17, 15) is 4.79 Å². The van der Waals surface area contributed by atoms with Gasteiger partial charge in [0.25, 0.3) is 0 Å². The van der Waals surface area contributed by atoms with E-state index in [1.165, 1.54) is 12.8 Å². The smallest absolute Gasteiger partial charge is 0.248 e. The fraction of sp³-hybridized carbons (Fsp3) is 0.533. The summed E-state index contributed by atoms with van der Waals surface area (Å²) in [4.78, 5) is 13.6. The van der Waals surface area contributed by atoms with Crippen LogP contribution in [0.5, 0.6) is 0 Å². The van der Waals surface area contributed by atoms with Gasteiger partial charge in [0, 0.05) is 30.4 Å². The molecule has 0 saturated carbocycles. The first kappa shape index (κ1) is 13.9. The molecule has 19 heavy (non-hydrogen) atoms. The first-order chi connectivity index (χ1) is 8.99. The summed E-state index contributed by atoms with van der Waals surface area (Å²) in [6.07, 6.45) is 2.37. The van der Waals surface area contributed by atoms with Gasteiger partial charge in [-0.05, 0) is 56.4 Å². The highest BCUT2D eigenvalue weighted by Gasteiger charge is 2.23. The van der Waals surface area contributed by atoms with Crippen LogP contribution in [0.4, 0.5) is 5.69 Å². The molecule has 2 rings (SSSR count). The Morgan fingerprint density at radius 1 is 1.47 bits per heavy atom. The predicted molar refractivity (Wildman–Crippen MR) is 78.3 cm³/mol. The van der Waals surface area contributed by atoms with Crippen molar-refractivity contribution in [3.8, 4) is 0 Å². The Kier molecular flexibility index (Phi) is 4.10. The van der Waals surface area contributed by atoms with E-state index in [0.717, 1.165) is 24.3 Å². The quantitative estimate of drug-likeness (QED) is 0.869. The zero-order chi connectivity index (χ0) is 14.0. The van der Waals surface area contributed by atoms with E-state index in [2.05, 4.69) is 11.8 Å². The Bertz CT molecular complexity index is 470. The van der Waals surface area contributed by atoms with Gasteiger partial charge in [-0.15, -0.1) is 0 Å². The molecule has 2 atom stereocenters. The van der Waals surface area contributed by atoms with E-state index in [-0.39, 0.29) is 11.9 Å². The van der Waals surface area contributed by atoms with Gasteiger partial charge in [-0.2, -0.15) is 0 Å².